The summed E-state index contributed by atoms with van der Waals surface area (Å²) in [5.41, 5.74) is -0.336. The average molecular weight is 223 g/mol. The number of rotatable bonds is 1. The van der Waals surface area contributed by atoms with Gasteiger partial charge in [-0.15, -0.1) is 0 Å². The first-order valence-electron chi connectivity index (χ1n) is 4.90. The maximum absolute atomic E-state index is 13.1. The minimum atomic E-state index is -0.726. The minimum Gasteiger partial charge on any atom is -0.442 e. The third kappa shape index (κ3) is 4.21. The maximum Gasteiger partial charge on any atom is 0.434 e. The van der Waals surface area contributed by atoms with Gasteiger partial charge in [0.15, 0.2) is 0 Å². The summed E-state index contributed by atoms with van der Waals surface area (Å²) in [6.45, 7) is 5.22. The molecule has 0 saturated carbocycles. The summed E-state index contributed by atoms with van der Waals surface area (Å²) in [6.07, 6.45) is 0.430. The molecule has 0 bridgehead atoms. The first-order valence-corrected chi connectivity index (χ1v) is 4.90. The first-order chi connectivity index (χ1) is 7.38. The van der Waals surface area contributed by atoms with Crippen molar-refractivity contribution in [2.75, 3.05) is 0 Å². The summed E-state index contributed by atoms with van der Waals surface area (Å²) in [6, 6.07) is 6.07. The quantitative estimate of drug-likeness (QED) is 0.686. The average Bonchev–Trinajstić information content (AvgIpc) is 2.14. The fourth-order valence-electron chi connectivity index (χ4n) is 0.990. The molecule has 16 heavy (non-hydrogen) atoms. The van der Waals surface area contributed by atoms with Gasteiger partial charge in [-0.1, -0.05) is 18.2 Å². The number of nitrogens with zero attached hydrogens (tertiary/aromatic N) is 1. The molecule has 0 atom stereocenters. The number of carbonyl (C=O) groups is 1. The van der Waals surface area contributed by atoms with E-state index in [2.05, 4.69) is 4.99 Å². The zero-order valence-electron chi connectivity index (χ0n) is 9.53. The highest BCUT2D eigenvalue weighted by Gasteiger charge is 2.14. The smallest absolute Gasteiger partial charge is 0.434 e. The number of carbonyl (C=O) groups excluding carboxylic acids is 1. The summed E-state index contributed by atoms with van der Waals surface area (Å²) in [5.74, 6) is -0.421. The van der Waals surface area contributed by atoms with Gasteiger partial charge in [-0.05, 0) is 26.8 Å². The molecular weight excluding hydrogens is 209 g/mol. The van der Waals surface area contributed by atoms with Gasteiger partial charge in [0.25, 0.3) is 0 Å². The van der Waals surface area contributed by atoms with Crippen LogP contribution < -0.4 is 0 Å². The topological polar surface area (TPSA) is 38.7 Å². The van der Waals surface area contributed by atoms with E-state index < -0.39 is 17.5 Å². The fourth-order valence-corrected chi connectivity index (χ4v) is 0.990. The molecule has 0 N–H and O–H groups in total. The Hall–Kier alpha value is -1.71. The van der Waals surface area contributed by atoms with Crippen LogP contribution in [0.2, 0.25) is 0 Å². The van der Waals surface area contributed by atoms with Crippen molar-refractivity contribution in [2.45, 2.75) is 26.4 Å². The first kappa shape index (κ1) is 12.4. The second-order valence-electron chi connectivity index (χ2n) is 4.26. The molecule has 0 aliphatic heterocycles. The third-order valence-electron chi connectivity index (χ3n) is 1.61. The van der Waals surface area contributed by atoms with Gasteiger partial charge in [0.1, 0.15) is 11.4 Å². The number of benzene rings is 1. The molecule has 0 saturated heterocycles. The van der Waals surface area contributed by atoms with Gasteiger partial charge in [-0.3, -0.25) is 0 Å². The maximum atomic E-state index is 13.1. The van der Waals surface area contributed by atoms with Crippen LogP contribution in [0.1, 0.15) is 26.3 Å². The van der Waals surface area contributed by atoms with Gasteiger partial charge in [-0.25, -0.2) is 9.18 Å². The molecule has 1 amide bonds. The van der Waals surface area contributed by atoms with E-state index in [4.69, 9.17) is 4.74 Å². The number of hydrogen-bond acceptors (Lipinski definition) is 2. The largest absolute Gasteiger partial charge is 0.442 e. The van der Waals surface area contributed by atoms with Crippen LogP contribution in [0.25, 0.3) is 0 Å². The molecule has 1 aromatic rings. The predicted octanol–water partition coefficient (Wildman–Crippen LogP) is 3.18. The van der Waals surface area contributed by atoms with E-state index in [1.165, 1.54) is 12.1 Å². The molecule has 0 spiro atoms. The van der Waals surface area contributed by atoms with Crippen molar-refractivity contribution >= 4 is 12.3 Å². The molecular formula is C12H14FNO2. The van der Waals surface area contributed by atoms with Crippen LogP contribution in [-0.4, -0.2) is 17.9 Å². The van der Waals surface area contributed by atoms with E-state index in [-0.39, 0.29) is 5.56 Å². The molecule has 0 aromatic heterocycles. The number of hydrogen-bond donors (Lipinski definition) is 0. The van der Waals surface area contributed by atoms with E-state index in [1.807, 2.05) is 0 Å². The van der Waals surface area contributed by atoms with Gasteiger partial charge in [0.2, 0.25) is 0 Å². The van der Waals surface area contributed by atoms with Gasteiger partial charge in [0, 0.05) is 11.8 Å². The minimum absolute atomic E-state index is 0.258. The zero-order valence-corrected chi connectivity index (χ0v) is 9.53. The SMILES string of the molecule is CC(C)(C)OC(=O)/N=C/c1ccccc1F. The Morgan fingerprint density at radius 2 is 2.00 bits per heavy atom. The monoisotopic (exact) mass is 223 g/mol. The Kier molecular flexibility index (Phi) is 3.77. The lowest BCUT2D eigenvalue weighted by molar-refractivity contribution is 0.0605. The molecule has 0 aliphatic rings. The zero-order chi connectivity index (χ0) is 12.2. The standard InChI is InChI=1S/C12H14FNO2/c1-12(2,3)16-11(15)14-8-9-6-4-5-7-10(9)13/h4-8H,1-3H3/b14-8+. The van der Waals surface area contributed by atoms with Gasteiger partial charge in [-0.2, -0.15) is 4.99 Å². The lowest BCUT2D eigenvalue weighted by atomic mass is 10.2. The Labute approximate surface area is 94.0 Å². The molecule has 0 fully saturated rings. The highest BCUT2D eigenvalue weighted by atomic mass is 19.1. The number of aliphatic imine (C=N–C) groups is 1. The molecule has 3 nitrogen and oxygen atoms in total. The van der Waals surface area contributed by atoms with Crippen molar-refractivity contribution in [3.05, 3.63) is 35.6 Å². The summed E-state index contributed by atoms with van der Waals surface area (Å²) in [7, 11) is 0. The lowest BCUT2D eigenvalue weighted by Crippen LogP contribution is -2.21. The Morgan fingerprint density at radius 1 is 1.38 bits per heavy atom. The Balaban J connectivity index is 2.68. The van der Waals surface area contributed by atoms with Crippen LogP contribution in [0.5, 0.6) is 0 Å². The van der Waals surface area contributed by atoms with Crippen molar-refractivity contribution in [1.29, 1.82) is 0 Å². The lowest BCUT2D eigenvalue weighted by Gasteiger charge is -2.17. The van der Waals surface area contributed by atoms with Gasteiger partial charge >= 0.3 is 6.09 Å². The second-order valence-corrected chi connectivity index (χ2v) is 4.26. The van der Waals surface area contributed by atoms with Gasteiger partial charge < -0.3 is 4.74 Å². The molecule has 1 aromatic carbocycles. The second kappa shape index (κ2) is 4.88. The molecule has 0 radical (unpaired) electrons. The van der Waals surface area contributed by atoms with E-state index >= 15 is 0 Å². The van der Waals surface area contributed by atoms with Crippen molar-refractivity contribution < 1.29 is 13.9 Å². The van der Waals surface area contributed by atoms with E-state index in [0.29, 0.717) is 0 Å². The molecule has 86 valence electrons. The molecule has 1 rings (SSSR count). The fraction of sp³-hybridized carbons (Fsp3) is 0.333. The predicted molar refractivity (Wildman–Crippen MR) is 60.2 cm³/mol. The van der Waals surface area contributed by atoms with Crippen molar-refractivity contribution in [3.8, 4) is 0 Å². The van der Waals surface area contributed by atoms with Crippen molar-refractivity contribution in [3.63, 3.8) is 0 Å². The van der Waals surface area contributed by atoms with Crippen LogP contribution in [0.15, 0.2) is 29.3 Å². The summed E-state index contributed by atoms with van der Waals surface area (Å²) >= 11 is 0. The van der Waals surface area contributed by atoms with Crippen LogP contribution in [0, 0.1) is 5.82 Å². The molecule has 0 unspecified atom stereocenters. The molecule has 4 heteroatoms. The summed E-state index contributed by atoms with van der Waals surface area (Å²) < 4.78 is 18.1. The number of amides is 1. The van der Waals surface area contributed by atoms with Crippen molar-refractivity contribution in [1.82, 2.24) is 0 Å². The van der Waals surface area contributed by atoms with E-state index in [1.54, 1.807) is 32.9 Å². The summed E-state index contributed by atoms with van der Waals surface area (Å²) in [4.78, 5) is 14.7. The van der Waals surface area contributed by atoms with Crippen LogP contribution in [0.4, 0.5) is 9.18 Å². The third-order valence-corrected chi connectivity index (χ3v) is 1.61. The summed E-state index contributed by atoms with van der Waals surface area (Å²) in [5, 5.41) is 0. The van der Waals surface area contributed by atoms with Crippen LogP contribution in [-0.2, 0) is 4.74 Å². The molecule has 0 aliphatic carbocycles. The highest BCUT2D eigenvalue weighted by molar-refractivity contribution is 5.89. The highest BCUT2D eigenvalue weighted by Crippen LogP contribution is 2.08. The normalized spacial score (nSPS) is 11.8. The van der Waals surface area contributed by atoms with Crippen LogP contribution >= 0.6 is 0 Å². The van der Waals surface area contributed by atoms with E-state index in [9.17, 15) is 9.18 Å². The number of halogens is 1. The van der Waals surface area contributed by atoms with Gasteiger partial charge in [0.05, 0.1) is 0 Å². The van der Waals surface area contributed by atoms with Crippen LogP contribution in [0.3, 0.4) is 0 Å². The Morgan fingerprint density at radius 3 is 2.56 bits per heavy atom. The van der Waals surface area contributed by atoms with Crippen molar-refractivity contribution in [2.24, 2.45) is 4.99 Å². The Bertz CT molecular complexity index is 408. The number of ether oxygens (including phenoxy) is 1. The van der Waals surface area contributed by atoms with E-state index in [0.717, 1.165) is 6.21 Å². The molecule has 0 heterocycles.